The second-order valence-corrected chi connectivity index (χ2v) is 6.80. The molecule has 0 unspecified atom stereocenters. The Morgan fingerprint density at radius 1 is 0.968 bits per heavy atom. The Bertz CT molecular complexity index is 1100. The van der Waals surface area contributed by atoms with Crippen molar-refractivity contribution in [1.82, 2.24) is 15.3 Å². The van der Waals surface area contributed by atoms with E-state index < -0.39 is 0 Å². The molecule has 0 saturated heterocycles. The van der Waals surface area contributed by atoms with E-state index in [1.165, 1.54) is 19.3 Å². The van der Waals surface area contributed by atoms with Crippen molar-refractivity contribution in [2.75, 3.05) is 12.4 Å². The molecule has 1 aromatic heterocycles. The number of amides is 2. The highest BCUT2D eigenvalue weighted by molar-refractivity contribution is 5.96. The van der Waals surface area contributed by atoms with E-state index in [1.54, 1.807) is 31.4 Å². The second kappa shape index (κ2) is 10.1. The molecule has 0 spiro atoms. The molecule has 2 amide bonds. The van der Waals surface area contributed by atoms with Crippen LogP contribution in [-0.4, -0.2) is 34.7 Å². The number of aromatic nitrogens is 2. The summed E-state index contributed by atoms with van der Waals surface area (Å²) in [7, 11) is 1.58. The Labute approximate surface area is 179 Å². The van der Waals surface area contributed by atoms with Gasteiger partial charge < -0.3 is 15.4 Å². The number of anilines is 1. The second-order valence-electron chi connectivity index (χ2n) is 6.80. The summed E-state index contributed by atoms with van der Waals surface area (Å²) in [6.45, 7) is 1.79. The van der Waals surface area contributed by atoms with Gasteiger partial charge in [0.05, 0.1) is 13.5 Å². The zero-order chi connectivity index (χ0) is 22.2. The normalized spacial score (nSPS) is 10.3. The number of ketones is 1. The number of Topliss-reactive ketones (excluding diaryl/α,β-unsaturated/α-hetero) is 1. The molecule has 2 N–H and O–H groups in total. The van der Waals surface area contributed by atoms with Crippen LogP contribution in [0.1, 0.15) is 38.9 Å². The fourth-order valence-corrected chi connectivity index (χ4v) is 2.83. The van der Waals surface area contributed by atoms with Crippen molar-refractivity contribution in [3.8, 4) is 5.75 Å². The van der Waals surface area contributed by atoms with Crippen molar-refractivity contribution in [2.45, 2.75) is 19.9 Å². The van der Waals surface area contributed by atoms with Crippen molar-refractivity contribution >= 4 is 23.4 Å². The Balaban J connectivity index is 1.57. The molecule has 0 aliphatic rings. The molecular weight excluding hydrogens is 396 g/mol. The summed E-state index contributed by atoms with van der Waals surface area (Å²) >= 11 is 0. The van der Waals surface area contributed by atoms with Gasteiger partial charge >= 0.3 is 0 Å². The van der Waals surface area contributed by atoms with Gasteiger partial charge in [0.15, 0.2) is 5.78 Å². The van der Waals surface area contributed by atoms with Crippen molar-refractivity contribution in [1.29, 1.82) is 0 Å². The maximum Gasteiger partial charge on any atom is 0.270 e. The van der Waals surface area contributed by atoms with E-state index in [0.29, 0.717) is 17.9 Å². The molecule has 0 saturated carbocycles. The number of benzene rings is 2. The summed E-state index contributed by atoms with van der Waals surface area (Å²) in [6, 6.07) is 15.6. The molecule has 3 aromatic rings. The summed E-state index contributed by atoms with van der Waals surface area (Å²) in [5.41, 5.74) is 2.36. The van der Waals surface area contributed by atoms with Gasteiger partial charge in [-0.25, -0.2) is 9.97 Å². The van der Waals surface area contributed by atoms with Gasteiger partial charge in [-0.15, -0.1) is 0 Å². The minimum Gasteiger partial charge on any atom is -0.497 e. The van der Waals surface area contributed by atoms with Crippen LogP contribution in [0.5, 0.6) is 5.75 Å². The lowest BCUT2D eigenvalue weighted by Crippen LogP contribution is -2.24. The number of nitrogens with zero attached hydrogens (tertiary/aromatic N) is 2. The fraction of sp³-hybridized carbons (Fsp3) is 0.174. The van der Waals surface area contributed by atoms with E-state index >= 15 is 0 Å². The smallest absolute Gasteiger partial charge is 0.270 e. The Morgan fingerprint density at radius 2 is 1.74 bits per heavy atom. The van der Waals surface area contributed by atoms with Gasteiger partial charge in [-0.1, -0.05) is 36.4 Å². The first-order valence-electron chi connectivity index (χ1n) is 9.57. The van der Waals surface area contributed by atoms with Crippen LogP contribution in [0.4, 0.5) is 5.82 Å². The number of hydrogen-bond acceptors (Lipinski definition) is 6. The zero-order valence-electron chi connectivity index (χ0n) is 17.2. The van der Waals surface area contributed by atoms with E-state index in [2.05, 4.69) is 20.6 Å². The third kappa shape index (κ3) is 6.20. The van der Waals surface area contributed by atoms with E-state index in [4.69, 9.17) is 4.74 Å². The van der Waals surface area contributed by atoms with Crippen molar-refractivity contribution in [3.05, 3.63) is 83.3 Å². The minimum atomic E-state index is -0.388. The third-order valence-corrected chi connectivity index (χ3v) is 4.48. The summed E-state index contributed by atoms with van der Waals surface area (Å²) in [5.74, 6) is 0.216. The number of ether oxygens (including phenoxy) is 1. The highest BCUT2D eigenvalue weighted by Crippen LogP contribution is 2.13. The van der Waals surface area contributed by atoms with E-state index in [-0.39, 0.29) is 35.5 Å². The third-order valence-electron chi connectivity index (χ3n) is 4.48. The highest BCUT2D eigenvalue weighted by Gasteiger charge is 2.11. The predicted octanol–water partition coefficient (Wildman–Crippen LogP) is 2.80. The Kier molecular flexibility index (Phi) is 7.05. The average molecular weight is 418 g/mol. The van der Waals surface area contributed by atoms with E-state index in [0.717, 1.165) is 11.1 Å². The fourth-order valence-electron chi connectivity index (χ4n) is 2.83. The van der Waals surface area contributed by atoms with E-state index in [9.17, 15) is 14.4 Å². The maximum atomic E-state index is 12.4. The summed E-state index contributed by atoms with van der Waals surface area (Å²) in [4.78, 5) is 44.0. The number of methoxy groups -OCH3 is 1. The van der Waals surface area contributed by atoms with Crippen LogP contribution in [0, 0.1) is 0 Å². The van der Waals surface area contributed by atoms with Gasteiger partial charge in [0.1, 0.15) is 23.6 Å². The number of rotatable bonds is 8. The van der Waals surface area contributed by atoms with Gasteiger partial charge in [0.25, 0.3) is 5.91 Å². The highest BCUT2D eigenvalue weighted by atomic mass is 16.5. The molecule has 0 fully saturated rings. The molecule has 1 heterocycles. The van der Waals surface area contributed by atoms with Crippen LogP contribution in [0.25, 0.3) is 0 Å². The van der Waals surface area contributed by atoms with Crippen molar-refractivity contribution < 1.29 is 19.1 Å². The van der Waals surface area contributed by atoms with Gasteiger partial charge in [-0.3, -0.25) is 14.4 Å². The molecule has 0 aliphatic heterocycles. The van der Waals surface area contributed by atoms with Crippen LogP contribution in [0.3, 0.4) is 0 Å². The molecule has 8 heteroatoms. The van der Waals surface area contributed by atoms with Crippen LogP contribution in [0.15, 0.2) is 60.9 Å². The molecule has 0 radical (unpaired) electrons. The number of hydrogen-bond donors (Lipinski definition) is 2. The average Bonchev–Trinajstić information content (AvgIpc) is 2.78. The molecule has 31 heavy (non-hydrogen) atoms. The summed E-state index contributed by atoms with van der Waals surface area (Å²) in [6.07, 6.45) is 1.33. The molecule has 3 rings (SSSR count). The van der Waals surface area contributed by atoms with Crippen molar-refractivity contribution in [3.63, 3.8) is 0 Å². The Morgan fingerprint density at radius 3 is 2.45 bits per heavy atom. The van der Waals surface area contributed by atoms with Crippen molar-refractivity contribution in [2.24, 2.45) is 0 Å². The molecule has 8 nitrogen and oxygen atoms in total. The molecule has 2 aromatic carbocycles. The minimum absolute atomic E-state index is 0.0332. The topological polar surface area (TPSA) is 110 Å². The van der Waals surface area contributed by atoms with Gasteiger partial charge in [-0.2, -0.15) is 0 Å². The standard InChI is InChI=1S/C23H22N4O4/c1-15(28)18-8-6-16(7-9-18)11-22(29)27-21-12-20(25-14-26-21)23(30)24-13-17-4-3-5-19(10-17)31-2/h3-10,12,14H,11,13H2,1-2H3,(H,24,30)(H,25,26,27,29). The number of nitrogens with one attached hydrogen (secondary N) is 2. The first-order chi connectivity index (χ1) is 14.9. The largest absolute Gasteiger partial charge is 0.497 e. The van der Waals surface area contributed by atoms with Gasteiger partial charge in [0.2, 0.25) is 5.91 Å². The van der Waals surface area contributed by atoms with Crippen LogP contribution in [-0.2, 0) is 17.8 Å². The molecule has 0 aliphatic carbocycles. The lowest BCUT2D eigenvalue weighted by Gasteiger charge is -2.08. The number of carbonyl (C=O) groups is 3. The Hall–Kier alpha value is -4.07. The first-order valence-corrected chi connectivity index (χ1v) is 9.57. The molecule has 0 atom stereocenters. The van der Waals surface area contributed by atoms with Gasteiger partial charge in [0, 0.05) is 18.2 Å². The van der Waals surface area contributed by atoms with Crippen LogP contribution < -0.4 is 15.4 Å². The zero-order valence-corrected chi connectivity index (χ0v) is 17.2. The summed E-state index contributed by atoms with van der Waals surface area (Å²) in [5, 5.41) is 5.43. The predicted molar refractivity (Wildman–Crippen MR) is 115 cm³/mol. The summed E-state index contributed by atoms with van der Waals surface area (Å²) < 4.78 is 5.17. The lowest BCUT2D eigenvalue weighted by atomic mass is 10.1. The first kappa shape index (κ1) is 21.6. The van der Waals surface area contributed by atoms with Gasteiger partial charge in [-0.05, 0) is 30.2 Å². The van der Waals surface area contributed by atoms with Crippen LogP contribution in [0.2, 0.25) is 0 Å². The molecule has 0 bridgehead atoms. The molecular formula is C23H22N4O4. The molecule has 158 valence electrons. The quantitative estimate of drug-likeness (QED) is 0.545. The maximum absolute atomic E-state index is 12.4. The lowest BCUT2D eigenvalue weighted by molar-refractivity contribution is -0.115. The van der Waals surface area contributed by atoms with E-state index in [1.807, 2.05) is 24.3 Å². The van der Waals surface area contributed by atoms with Crippen LogP contribution >= 0.6 is 0 Å². The monoisotopic (exact) mass is 418 g/mol. The number of carbonyl (C=O) groups excluding carboxylic acids is 3. The SMILES string of the molecule is COc1cccc(CNC(=O)c2cc(NC(=O)Cc3ccc(C(C)=O)cc3)ncn2)c1.